The molecule has 3 nitrogen and oxygen atoms in total. The maximum Gasteiger partial charge on any atom is 0.407 e. The monoisotopic (exact) mass is 227 g/mol. The predicted octanol–water partition coefficient (Wildman–Crippen LogP) is 3.67. The van der Waals surface area contributed by atoms with E-state index in [0.717, 1.165) is 18.4 Å². The fourth-order valence-electron chi connectivity index (χ4n) is 1.23. The van der Waals surface area contributed by atoms with Crippen molar-refractivity contribution in [2.24, 2.45) is 0 Å². The Hall–Kier alpha value is -1.25. The zero-order valence-corrected chi connectivity index (χ0v) is 10.7. The fourth-order valence-corrected chi connectivity index (χ4v) is 1.23. The average Bonchev–Trinajstić information content (AvgIpc) is 2.30. The lowest BCUT2D eigenvalue weighted by Crippen LogP contribution is -2.28. The largest absolute Gasteiger partial charge is 0.447 e. The van der Waals surface area contributed by atoms with Crippen LogP contribution >= 0.6 is 0 Å². The lowest BCUT2D eigenvalue weighted by molar-refractivity contribution is 0.116. The molecule has 0 saturated heterocycles. The van der Waals surface area contributed by atoms with Crippen LogP contribution in [0.5, 0.6) is 0 Å². The average molecular weight is 227 g/mol. The van der Waals surface area contributed by atoms with Gasteiger partial charge in [0.05, 0.1) is 6.10 Å². The van der Waals surface area contributed by atoms with Crippen LogP contribution in [0, 0.1) is 0 Å². The molecule has 1 rings (SSSR count). The molecular weight excluding hydrogens is 202 g/mol. The first-order chi connectivity index (χ1) is 7.68. The molecule has 0 bridgehead atoms. The molecule has 1 aliphatic rings. The molecule has 1 amide bonds. The van der Waals surface area contributed by atoms with Gasteiger partial charge in [0.25, 0.3) is 0 Å². The number of hydrogen-bond donors (Lipinski definition) is 1. The molecule has 0 aromatic carbocycles. The first-order valence-corrected chi connectivity index (χ1v) is 5.98. The van der Waals surface area contributed by atoms with Gasteiger partial charge < -0.3 is 10.1 Å². The minimum atomic E-state index is -0.347. The van der Waals surface area contributed by atoms with E-state index in [1.54, 1.807) is 0 Å². The smallest absolute Gasteiger partial charge is 0.407 e. The van der Waals surface area contributed by atoms with Crippen LogP contribution in [0.1, 0.15) is 42.0 Å². The van der Waals surface area contributed by atoms with Crippen LogP contribution in [0.2, 0.25) is 0 Å². The van der Waals surface area contributed by atoms with Crippen molar-refractivity contribution in [2.75, 3.05) is 6.54 Å². The van der Waals surface area contributed by atoms with E-state index in [2.05, 4.69) is 17.5 Å². The van der Waals surface area contributed by atoms with Crippen molar-refractivity contribution in [3.8, 4) is 0 Å². The molecule has 0 fully saturated rings. The Morgan fingerprint density at radius 2 is 2.19 bits per heavy atom. The summed E-state index contributed by atoms with van der Waals surface area (Å²) in [5.41, 5.74) is 1.15. The molecule has 0 atom stereocenters. The quantitative estimate of drug-likeness (QED) is 0.799. The Kier molecular flexibility index (Phi) is 8.31. The van der Waals surface area contributed by atoms with Gasteiger partial charge in [-0.3, -0.25) is 0 Å². The van der Waals surface area contributed by atoms with E-state index >= 15 is 0 Å². The second-order valence-corrected chi connectivity index (χ2v) is 3.57. The molecule has 1 aliphatic carbocycles. The standard InChI is InChI=1S/C11H17NO2.C2H6.H2/c1-9(2)14-11(13)12-8-10-6-4-3-5-7-10;1-2;/h4,6-7,9H,3,5,8H2,1-2H3,(H,12,13);1-2H3;1H. The third-order valence-electron chi connectivity index (χ3n) is 1.85. The molecular formula is C13H25NO2. The Labute approximate surface area is 100 Å². The maximum absolute atomic E-state index is 11.1. The molecule has 0 unspecified atom stereocenters. The molecule has 0 spiro atoms. The van der Waals surface area contributed by atoms with Gasteiger partial charge in [-0.05, 0) is 32.3 Å². The van der Waals surface area contributed by atoms with E-state index in [4.69, 9.17) is 4.74 Å². The highest BCUT2D eigenvalue weighted by molar-refractivity contribution is 5.67. The Morgan fingerprint density at radius 3 is 2.69 bits per heavy atom. The molecule has 1 N–H and O–H groups in total. The predicted molar refractivity (Wildman–Crippen MR) is 69.5 cm³/mol. The summed E-state index contributed by atoms with van der Waals surface area (Å²) in [5.74, 6) is 0. The zero-order chi connectivity index (χ0) is 12.4. The summed E-state index contributed by atoms with van der Waals surface area (Å²) in [7, 11) is 0. The normalized spacial score (nSPS) is 13.7. The maximum atomic E-state index is 11.1. The van der Waals surface area contributed by atoms with Crippen LogP contribution in [0.3, 0.4) is 0 Å². The molecule has 0 heterocycles. The number of carbonyl (C=O) groups is 1. The molecule has 16 heavy (non-hydrogen) atoms. The van der Waals surface area contributed by atoms with Gasteiger partial charge in [0, 0.05) is 7.97 Å². The third kappa shape index (κ3) is 7.10. The van der Waals surface area contributed by atoms with Crippen molar-refractivity contribution in [1.82, 2.24) is 5.32 Å². The summed E-state index contributed by atoms with van der Waals surface area (Å²) in [5, 5.41) is 2.70. The first kappa shape index (κ1) is 14.8. The topological polar surface area (TPSA) is 38.3 Å². The number of hydrogen-bond acceptors (Lipinski definition) is 2. The zero-order valence-electron chi connectivity index (χ0n) is 10.7. The van der Waals surface area contributed by atoms with E-state index in [0.29, 0.717) is 6.54 Å². The molecule has 0 aliphatic heterocycles. The number of allylic oxidation sites excluding steroid dienone is 2. The van der Waals surface area contributed by atoms with Crippen molar-refractivity contribution in [1.29, 1.82) is 0 Å². The van der Waals surface area contributed by atoms with Gasteiger partial charge >= 0.3 is 6.09 Å². The number of alkyl carbamates (subject to hydrolysis) is 1. The van der Waals surface area contributed by atoms with Gasteiger partial charge in [0.15, 0.2) is 0 Å². The Bertz CT molecular complexity index is 260. The molecule has 0 saturated carbocycles. The van der Waals surface area contributed by atoms with E-state index in [9.17, 15) is 4.79 Å². The van der Waals surface area contributed by atoms with E-state index in [-0.39, 0.29) is 13.6 Å². The number of carbonyl (C=O) groups excluding carboxylic acids is 1. The highest BCUT2D eigenvalue weighted by Crippen LogP contribution is 2.08. The van der Waals surface area contributed by atoms with Gasteiger partial charge in [-0.15, -0.1) is 0 Å². The van der Waals surface area contributed by atoms with Crippen LogP contribution < -0.4 is 5.32 Å². The van der Waals surface area contributed by atoms with Crippen LogP contribution in [-0.2, 0) is 4.74 Å². The summed E-state index contributed by atoms with van der Waals surface area (Å²) < 4.78 is 4.94. The highest BCUT2D eigenvalue weighted by atomic mass is 16.6. The third-order valence-corrected chi connectivity index (χ3v) is 1.85. The number of rotatable bonds is 3. The molecule has 0 aromatic rings. The summed E-state index contributed by atoms with van der Waals surface area (Å²) in [4.78, 5) is 11.1. The van der Waals surface area contributed by atoms with Gasteiger partial charge in [-0.25, -0.2) is 4.79 Å². The van der Waals surface area contributed by atoms with Crippen molar-refractivity contribution in [3.05, 3.63) is 23.8 Å². The Balaban J connectivity index is 0. The van der Waals surface area contributed by atoms with Crippen LogP contribution in [0.15, 0.2) is 23.8 Å². The molecule has 94 valence electrons. The van der Waals surface area contributed by atoms with Crippen LogP contribution in [-0.4, -0.2) is 18.7 Å². The first-order valence-electron chi connectivity index (χ1n) is 5.98. The fraction of sp³-hybridized carbons (Fsp3) is 0.615. The van der Waals surface area contributed by atoms with Crippen LogP contribution in [0.25, 0.3) is 0 Å². The van der Waals surface area contributed by atoms with Gasteiger partial charge in [0.2, 0.25) is 0 Å². The number of amides is 1. The van der Waals surface area contributed by atoms with Crippen LogP contribution in [0.4, 0.5) is 4.79 Å². The van der Waals surface area contributed by atoms with E-state index in [1.165, 1.54) is 0 Å². The lowest BCUT2D eigenvalue weighted by Gasteiger charge is -2.11. The van der Waals surface area contributed by atoms with Gasteiger partial charge in [-0.1, -0.05) is 32.1 Å². The van der Waals surface area contributed by atoms with E-state index < -0.39 is 0 Å². The molecule has 0 aromatic heterocycles. The summed E-state index contributed by atoms with van der Waals surface area (Å²) in [6, 6.07) is 0. The van der Waals surface area contributed by atoms with Gasteiger partial charge in [-0.2, -0.15) is 0 Å². The van der Waals surface area contributed by atoms with E-state index in [1.807, 2.05) is 33.8 Å². The molecule has 0 radical (unpaired) electrons. The van der Waals surface area contributed by atoms with Crippen molar-refractivity contribution in [3.63, 3.8) is 0 Å². The van der Waals surface area contributed by atoms with Crippen molar-refractivity contribution < 1.29 is 11.0 Å². The molecule has 3 heteroatoms. The second-order valence-electron chi connectivity index (χ2n) is 3.57. The van der Waals surface area contributed by atoms with Crippen molar-refractivity contribution >= 4 is 6.09 Å². The second kappa shape index (κ2) is 9.01. The summed E-state index contributed by atoms with van der Waals surface area (Å²) >= 11 is 0. The minimum Gasteiger partial charge on any atom is -0.447 e. The Morgan fingerprint density at radius 1 is 1.50 bits per heavy atom. The minimum absolute atomic E-state index is 0. The van der Waals surface area contributed by atoms with Gasteiger partial charge in [0.1, 0.15) is 0 Å². The van der Waals surface area contributed by atoms with Crippen molar-refractivity contribution in [2.45, 2.75) is 46.6 Å². The summed E-state index contributed by atoms with van der Waals surface area (Å²) in [6.45, 7) is 8.22. The highest BCUT2D eigenvalue weighted by Gasteiger charge is 2.04. The number of ether oxygens (including phenoxy) is 1. The lowest BCUT2D eigenvalue weighted by atomic mass is 10.1. The summed E-state index contributed by atoms with van der Waals surface area (Å²) in [6.07, 6.45) is 8.04. The SMILES string of the molecule is CC.CC(C)OC(=O)NCC1=CCCC=C1.[HH]. The number of nitrogens with one attached hydrogen (secondary N) is 1.